The summed E-state index contributed by atoms with van der Waals surface area (Å²) >= 11 is 0. The maximum Gasteiger partial charge on any atom is 0.357 e. The lowest BCUT2D eigenvalue weighted by Gasteiger charge is -2.33. The highest BCUT2D eigenvalue weighted by molar-refractivity contribution is 5.95. The summed E-state index contributed by atoms with van der Waals surface area (Å²) in [4.78, 5) is 64.6. The molecule has 9 rings (SSSR count). The van der Waals surface area contributed by atoms with Crippen molar-refractivity contribution >= 4 is 17.8 Å². The van der Waals surface area contributed by atoms with Crippen LogP contribution in [0.25, 0.3) is 33.6 Å². The Hall–Kier alpha value is -6.89. The number of benzene rings is 4. The largest absolute Gasteiger partial charge is 0.456 e. The van der Waals surface area contributed by atoms with E-state index in [1.54, 1.807) is 0 Å². The second kappa shape index (κ2) is 19.5. The Kier molecular flexibility index (Phi) is 13.0. The molecule has 12 heteroatoms. The van der Waals surface area contributed by atoms with Crippen LogP contribution in [0.3, 0.4) is 0 Å². The number of carbonyl (C=O) groups excluding carboxylic acids is 3. The van der Waals surface area contributed by atoms with E-state index in [1.807, 2.05) is 133 Å². The van der Waals surface area contributed by atoms with Crippen molar-refractivity contribution in [2.75, 3.05) is 34.2 Å². The molecule has 2 fully saturated rings. The molecule has 4 heterocycles. The highest BCUT2D eigenvalue weighted by Gasteiger charge is 2.39. The number of nitrogens with zero attached hydrogens (tertiary/aromatic N) is 5. The predicted octanol–water partition coefficient (Wildman–Crippen LogP) is 8.99. The number of imidazole rings is 2. The minimum Gasteiger partial charge on any atom is -0.456 e. The molecule has 65 heavy (non-hydrogen) atoms. The summed E-state index contributed by atoms with van der Waals surface area (Å²) in [5.74, 6) is 0.955. The van der Waals surface area contributed by atoms with Crippen LogP contribution in [-0.2, 0) is 20.9 Å². The standard InChI is InChI=1S/C53H56N8O4/c1-54-46(39-17-9-5-10-18-39)51(62)60-31-13-21-43(60)49-55-33-42(56-49)38-27-23-36(24-28-38)37-25-29-40(30-26-37)45-47(53(64)65-34-35-15-7-4-8-16-35)58-50(57-45)44-22-14-32-61(44)52(63)48(59(2)3)41-19-11-6-12-20-41/h4-11,15-19,23-30,33,43-44,46,48,54H,12-14,20-22,31-32,34H2,1-3H3,(H,55,56)(H,57,58)/t43?,44-,46+,48+/m0/s1. The Morgan fingerprint density at radius 2 is 1.38 bits per heavy atom. The number of H-pyrrole nitrogens is 2. The molecular formula is C53H56N8O4. The highest BCUT2D eigenvalue weighted by Crippen LogP contribution is 2.37. The highest BCUT2D eigenvalue weighted by atomic mass is 16.5. The fourth-order valence-electron chi connectivity index (χ4n) is 9.61. The van der Waals surface area contributed by atoms with Gasteiger partial charge in [-0.25, -0.2) is 14.8 Å². The van der Waals surface area contributed by atoms with Gasteiger partial charge < -0.3 is 29.8 Å². The van der Waals surface area contributed by atoms with Gasteiger partial charge in [0.1, 0.15) is 36.0 Å². The number of ether oxygens (including phenoxy) is 1. The maximum absolute atomic E-state index is 14.3. The van der Waals surface area contributed by atoms with Crippen molar-refractivity contribution in [3.8, 4) is 33.6 Å². The first-order valence-corrected chi connectivity index (χ1v) is 22.7. The molecule has 2 aliphatic heterocycles. The van der Waals surface area contributed by atoms with Gasteiger partial charge in [0.15, 0.2) is 5.69 Å². The van der Waals surface area contributed by atoms with E-state index in [4.69, 9.17) is 14.7 Å². The molecule has 2 saturated heterocycles. The van der Waals surface area contributed by atoms with Gasteiger partial charge in [0.05, 0.1) is 24.0 Å². The predicted molar refractivity (Wildman–Crippen MR) is 252 cm³/mol. The van der Waals surface area contributed by atoms with Gasteiger partial charge in [0, 0.05) is 18.7 Å². The molecular weight excluding hydrogens is 813 g/mol. The molecule has 3 N–H and O–H groups in total. The number of allylic oxidation sites excluding steroid dienone is 3. The molecule has 332 valence electrons. The van der Waals surface area contributed by atoms with Crippen LogP contribution < -0.4 is 5.32 Å². The summed E-state index contributed by atoms with van der Waals surface area (Å²) in [6.45, 7) is 1.42. The number of likely N-dealkylation sites (N-methyl/N-ethyl adjacent to an activating group) is 2. The van der Waals surface area contributed by atoms with Crippen LogP contribution in [-0.4, -0.2) is 92.7 Å². The number of nitrogens with one attached hydrogen (secondary N) is 3. The first-order valence-electron chi connectivity index (χ1n) is 22.7. The van der Waals surface area contributed by atoms with E-state index in [0.717, 1.165) is 89.0 Å². The van der Waals surface area contributed by atoms with Crippen LogP contribution in [0.2, 0.25) is 0 Å². The third-order valence-corrected chi connectivity index (χ3v) is 12.9. The van der Waals surface area contributed by atoms with E-state index in [1.165, 1.54) is 0 Å². The Bertz CT molecular complexity index is 2670. The van der Waals surface area contributed by atoms with Crippen molar-refractivity contribution in [1.29, 1.82) is 0 Å². The first kappa shape index (κ1) is 43.4. The van der Waals surface area contributed by atoms with E-state index >= 15 is 0 Å². The van der Waals surface area contributed by atoms with Crippen molar-refractivity contribution in [2.45, 2.75) is 69.3 Å². The SMILES string of the molecule is CN[C@@H](C(=O)N1CCCC1c1ncc(-c2ccc(-c3ccc(-c4nc([C@@H]5CCCN5C(=O)[C@@H](C5=CC=CCC5)N(C)C)[nH]c4C(=O)OCc4ccccc4)cc3)cc2)[nH]1)c1ccccc1. The summed E-state index contributed by atoms with van der Waals surface area (Å²) in [6.07, 6.45) is 13.2. The Labute approximate surface area is 380 Å². The van der Waals surface area contributed by atoms with E-state index in [0.29, 0.717) is 24.6 Å². The zero-order valence-electron chi connectivity index (χ0n) is 37.2. The van der Waals surface area contributed by atoms with Crippen molar-refractivity contribution < 1.29 is 19.1 Å². The number of carbonyl (C=O) groups is 3. The van der Waals surface area contributed by atoms with Gasteiger partial charge in [-0.15, -0.1) is 0 Å². The minimum absolute atomic E-state index is 0.0443. The van der Waals surface area contributed by atoms with Crippen molar-refractivity contribution in [2.24, 2.45) is 0 Å². The molecule has 12 nitrogen and oxygen atoms in total. The molecule has 0 saturated carbocycles. The lowest BCUT2D eigenvalue weighted by molar-refractivity contribution is -0.136. The van der Waals surface area contributed by atoms with Crippen LogP contribution in [0, 0.1) is 0 Å². The lowest BCUT2D eigenvalue weighted by Crippen LogP contribution is -2.47. The summed E-state index contributed by atoms with van der Waals surface area (Å²) in [7, 11) is 5.73. The molecule has 0 spiro atoms. The van der Waals surface area contributed by atoms with E-state index in [9.17, 15) is 14.4 Å². The topological polar surface area (TPSA) is 140 Å². The minimum atomic E-state index is -0.507. The molecule has 6 aromatic rings. The van der Waals surface area contributed by atoms with Gasteiger partial charge >= 0.3 is 5.97 Å². The Balaban J connectivity index is 0.936. The number of hydrogen-bond donors (Lipinski definition) is 3. The lowest BCUT2D eigenvalue weighted by atomic mass is 9.95. The van der Waals surface area contributed by atoms with Crippen molar-refractivity contribution in [3.63, 3.8) is 0 Å². The fourth-order valence-corrected chi connectivity index (χ4v) is 9.61. The smallest absolute Gasteiger partial charge is 0.357 e. The van der Waals surface area contributed by atoms with Gasteiger partial charge in [-0.1, -0.05) is 127 Å². The Morgan fingerprint density at radius 1 is 0.769 bits per heavy atom. The third-order valence-electron chi connectivity index (χ3n) is 12.9. The number of esters is 1. The third kappa shape index (κ3) is 9.23. The normalized spacial score (nSPS) is 18.2. The number of rotatable bonds is 14. The summed E-state index contributed by atoms with van der Waals surface area (Å²) in [5, 5.41) is 3.21. The van der Waals surface area contributed by atoms with Gasteiger partial charge in [0.25, 0.3) is 0 Å². The van der Waals surface area contributed by atoms with E-state index in [2.05, 4.69) is 51.7 Å². The summed E-state index contributed by atoms with van der Waals surface area (Å²) in [6, 6.07) is 34.5. The molecule has 0 bridgehead atoms. The molecule has 2 amide bonds. The van der Waals surface area contributed by atoms with Gasteiger partial charge in [0.2, 0.25) is 11.8 Å². The molecule has 1 unspecified atom stereocenters. The second-order valence-electron chi connectivity index (χ2n) is 17.3. The van der Waals surface area contributed by atoms with Gasteiger partial charge in [-0.05, 0) is 93.1 Å². The Morgan fingerprint density at radius 3 is 2.02 bits per heavy atom. The molecule has 4 aromatic carbocycles. The quantitative estimate of drug-likeness (QED) is 0.0923. The first-order chi connectivity index (χ1) is 31.8. The monoisotopic (exact) mass is 868 g/mol. The summed E-state index contributed by atoms with van der Waals surface area (Å²) in [5.41, 5.74) is 8.34. The fraction of sp³-hybridized carbons (Fsp3) is 0.302. The van der Waals surface area contributed by atoms with Gasteiger partial charge in [-0.3, -0.25) is 14.5 Å². The van der Waals surface area contributed by atoms with Crippen LogP contribution in [0.15, 0.2) is 139 Å². The molecule has 1 aliphatic carbocycles. The number of aromatic amines is 2. The average Bonchev–Trinajstić information content (AvgIpc) is 4.19. The number of aromatic nitrogens is 4. The molecule has 2 aromatic heterocycles. The van der Waals surface area contributed by atoms with Gasteiger partial charge in [-0.2, -0.15) is 0 Å². The second-order valence-corrected chi connectivity index (χ2v) is 17.3. The molecule has 3 aliphatic rings. The number of likely N-dealkylation sites (tertiary alicyclic amines) is 2. The van der Waals surface area contributed by atoms with Crippen LogP contribution >= 0.6 is 0 Å². The van der Waals surface area contributed by atoms with E-state index in [-0.39, 0.29) is 42.2 Å². The van der Waals surface area contributed by atoms with Crippen molar-refractivity contribution in [3.05, 3.63) is 168 Å². The average molecular weight is 869 g/mol. The molecule has 4 atom stereocenters. The zero-order chi connectivity index (χ0) is 44.9. The van der Waals surface area contributed by atoms with Crippen molar-refractivity contribution in [1.82, 2.24) is 40.0 Å². The molecule has 0 radical (unpaired) electrons. The number of hydrogen-bond acceptors (Lipinski definition) is 8. The zero-order valence-corrected chi connectivity index (χ0v) is 37.2. The van der Waals surface area contributed by atoms with E-state index < -0.39 is 12.0 Å². The van der Waals surface area contributed by atoms with Crippen LogP contribution in [0.4, 0.5) is 0 Å². The van der Waals surface area contributed by atoms with Crippen LogP contribution in [0.1, 0.15) is 89.9 Å². The number of amides is 2. The maximum atomic E-state index is 14.3. The summed E-state index contributed by atoms with van der Waals surface area (Å²) < 4.78 is 5.85. The van der Waals surface area contributed by atoms with Crippen LogP contribution in [0.5, 0.6) is 0 Å².